The van der Waals surface area contributed by atoms with Crippen molar-refractivity contribution in [3.63, 3.8) is 0 Å². The smallest absolute Gasteiger partial charge is 0.227 e. The van der Waals surface area contributed by atoms with E-state index in [9.17, 15) is 9.18 Å². The quantitative estimate of drug-likeness (QED) is 0.396. The van der Waals surface area contributed by atoms with Crippen molar-refractivity contribution in [2.75, 3.05) is 16.9 Å². The van der Waals surface area contributed by atoms with Gasteiger partial charge < -0.3 is 15.6 Å². The standard InChI is InChI=1S/C21H19FN6OS/c1-11-9-25-21(27-15-5-4-6-16(30-3)17(15)22)28-18(11)14-10-24-19-13(14)7-8-23-20(19)26-12(2)29/h4-10,24H,1-3H3,(H,23,26,29)(H,25,27,28). The molecule has 4 rings (SSSR count). The van der Waals surface area contributed by atoms with Crippen LogP contribution in [0, 0.1) is 12.7 Å². The number of benzene rings is 1. The van der Waals surface area contributed by atoms with Crippen molar-refractivity contribution >= 4 is 46.0 Å². The highest BCUT2D eigenvalue weighted by Gasteiger charge is 2.16. The minimum Gasteiger partial charge on any atom is -0.357 e. The van der Waals surface area contributed by atoms with E-state index in [2.05, 4.69) is 30.6 Å². The van der Waals surface area contributed by atoms with Gasteiger partial charge in [0.2, 0.25) is 11.9 Å². The molecule has 30 heavy (non-hydrogen) atoms. The first-order valence-electron chi connectivity index (χ1n) is 9.15. The Labute approximate surface area is 176 Å². The third-order valence-corrected chi connectivity index (χ3v) is 5.31. The molecule has 1 aromatic carbocycles. The minimum absolute atomic E-state index is 0.203. The van der Waals surface area contributed by atoms with Gasteiger partial charge in [0.25, 0.3) is 0 Å². The van der Waals surface area contributed by atoms with Crippen molar-refractivity contribution in [1.29, 1.82) is 0 Å². The number of aromatic nitrogens is 4. The lowest BCUT2D eigenvalue weighted by molar-refractivity contribution is -0.114. The molecule has 9 heteroatoms. The number of amides is 1. The van der Waals surface area contributed by atoms with E-state index in [4.69, 9.17) is 0 Å². The number of carbonyl (C=O) groups is 1. The second-order valence-electron chi connectivity index (χ2n) is 6.64. The van der Waals surface area contributed by atoms with Crippen LogP contribution in [0.5, 0.6) is 0 Å². The number of aryl methyl sites for hydroxylation is 1. The fourth-order valence-electron chi connectivity index (χ4n) is 3.17. The van der Waals surface area contributed by atoms with Gasteiger partial charge in [-0.1, -0.05) is 6.07 Å². The number of nitrogens with zero attached hydrogens (tertiary/aromatic N) is 3. The maximum absolute atomic E-state index is 14.6. The van der Waals surface area contributed by atoms with Gasteiger partial charge in [0.05, 0.1) is 16.9 Å². The zero-order chi connectivity index (χ0) is 21.3. The summed E-state index contributed by atoms with van der Waals surface area (Å²) in [6.45, 7) is 3.34. The van der Waals surface area contributed by atoms with Crippen molar-refractivity contribution in [3.8, 4) is 11.3 Å². The second-order valence-corrected chi connectivity index (χ2v) is 7.49. The third-order valence-electron chi connectivity index (χ3n) is 4.55. The van der Waals surface area contributed by atoms with Gasteiger partial charge in [-0.2, -0.15) is 0 Å². The number of carbonyl (C=O) groups excluding carboxylic acids is 1. The van der Waals surface area contributed by atoms with Crippen LogP contribution in [-0.4, -0.2) is 32.1 Å². The van der Waals surface area contributed by atoms with E-state index in [1.807, 2.05) is 25.4 Å². The fraction of sp³-hybridized carbons (Fsp3) is 0.143. The van der Waals surface area contributed by atoms with Crippen LogP contribution in [0.15, 0.2) is 47.8 Å². The maximum atomic E-state index is 14.6. The number of halogens is 1. The van der Waals surface area contributed by atoms with Crippen LogP contribution in [0.25, 0.3) is 22.2 Å². The molecule has 0 radical (unpaired) electrons. The summed E-state index contributed by atoms with van der Waals surface area (Å²) in [6.07, 6.45) is 6.95. The summed E-state index contributed by atoms with van der Waals surface area (Å²) in [7, 11) is 0. The zero-order valence-corrected chi connectivity index (χ0v) is 17.4. The summed E-state index contributed by atoms with van der Waals surface area (Å²) >= 11 is 1.33. The topological polar surface area (TPSA) is 95.6 Å². The molecule has 0 spiro atoms. The lowest BCUT2D eigenvalue weighted by atomic mass is 10.1. The molecule has 0 saturated carbocycles. The normalized spacial score (nSPS) is 10.9. The largest absolute Gasteiger partial charge is 0.357 e. The Balaban J connectivity index is 1.75. The summed E-state index contributed by atoms with van der Waals surface area (Å²) < 4.78 is 14.6. The van der Waals surface area contributed by atoms with Gasteiger partial charge in [-0.3, -0.25) is 4.79 Å². The molecule has 0 atom stereocenters. The molecule has 4 aromatic rings. The van der Waals surface area contributed by atoms with Crippen molar-refractivity contribution in [1.82, 2.24) is 19.9 Å². The number of rotatable bonds is 5. The van der Waals surface area contributed by atoms with Crippen LogP contribution in [0.2, 0.25) is 0 Å². The number of hydrogen-bond acceptors (Lipinski definition) is 6. The molecular formula is C21H19FN6OS. The number of anilines is 3. The van der Waals surface area contributed by atoms with Crippen molar-refractivity contribution in [2.45, 2.75) is 18.7 Å². The summed E-state index contributed by atoms with van der Waals surface area (Å²) in [5, 5.41) is 6.55. The Kier molecular flexibility index (Phi) is 5.37. The van der Waals surface area contributed by atoms with E-state index >= 15 is 0 Å². The molecule has 0 unspecified atom stereocenters. The van der Waals surface area contributed by atoms with Gasteiger partial charge in [-0.05, 0) is 36.9 Å². The van der Waals surface area contributed by atoms with Crippen molar-refractivity contribution < 1.29 is 9.18 Å². The first kappa shape index (κ1) is 19.8. The molecule has 0 aliphatic carbocycles. The van der Waals surface area contributed by atoms with Crippen LogP contribution in [-0.2, 0) is 4.79 Å². The van der Waals surface area contributed by atoms with Gasteiger partial charge in [-0.15, -0.1) is 11.8 Å². The Morgan fingerprint density at radius 2 is 2.07 bits per heavy atom. The zero-order valence-electron chi connectivity index (χ0n) is 16.6. The van der Waals surface area contributed by atoms with E-state index in [1.165, 1.54) is 18.7 Å². The van der Waals surface area contributed by atoms with Crippen LogP contribution in [0.3, 0.4) is 0 Å². The average molecular weight is 422 g/mol. The molecule has 0 bridgehead atoms. The predicted molar refractivity (Wildman–Crippen MR) is 118 cm³/mol. The maximum Gasteiger partial charge on any atom is 0.227 e. The highest BCUT2D eigenvalue weighted by molar-refractivity contribution is 7.98. The highest BCUT2D eigenvalue weighted by Crippen LogP contribution is 2.33. The second kappa shape index (κ2) is 8.11. The highest BCUT2D eigenvalue weighted by atomic mass is 32.2. The van der Waals surface area contributed by atoms with Crippen molar-refractivity contribution in [3.05, 3.63) is 54.2 Å². The fourth-order valence-corrected chi connectivity index (χ4v) is 3.68. The number of fused-ring (bicyclic) bond motifs is 1. The van der Waals surface area contributed by atoms with E-state index in [-0.39, 0.29) is 11.7 Å². The monoisotopic (exact) mass is 422 g/mol. The Bertz CT molecular complexity index is 1260. The van der Waals surface area contributed by atoms with Crippen LogP contribution in [0.1, 0.15) is 12.5 Å². The average Bonchev–Trinajstić information content (AvgIpc) is 3.15. The summed E-state index contributed by atoms with van der Waals surface area (Å²) in [4.78, 5) is 28.3. The number of hydrogen-bond donors (Lipinski definition) is 3. The predicted octanol–water partition coefficient (Wildman–Crippen LogP) is 4.89. The molecule has 0 fully saturated rings. The van der Waals surface area contributed by atoms with Crippen LogP contribution < -0.4 is 10.6 Å². The number of aromatic amines is 1. The van der Waals surface area contributed by atoms with E-state index in [1.54, 1.807) is 30.6 Å². The number of thioether (sulfide) groups is 1. The van der Waals surface area contributed by atoms with E-state index < -0.39 is 0 Å². The molecular weight excluding hydrogens is 403 g/mol. The van der Waals surface area contributed by atoms with Crippen LogP contribution >= 0.6 is 11.8 Å². The van der Waals surface area contributed by atoms with Gasteiger partial charge >= 0.3 is 0 Å². The molecule has 0 saturated heterocycles. The number of H-pyrrole nitrogens is 1. The molecule has 0 aliphatic heterocycles. The van der Waals surface area contributed by atoms with Gasteiger partial charge in [0.1, 0.15) is 0 Å². The molecule has 152 valence electrons. The summed E-state index contributed by atoms with van der Waals surface area (Å²) in [5.41, 5.74) is 3.40. The Morgan fingerprint density at radius 1 is 1.23 bits per heavy atom. The first-order chi connectivity index (χ1) is 14.5. The number of nitrogens with one attached hydrogen (secondary N) is 3. The third kappa shape index (κ3) is 3.71. The molecule has 7 nitrogen and oxygen atoms in total. The van der Waals surface area contributed by atoms with Crippen molar-refractivity contribution in [2.24, 2.45) is 0 Å². The van der Waals surface area contributed by atoms with Crippen LogP contribution in [0.4, 0.5) is 21.8 Å². The van der Waals surface area contributed by atoms with Gasteiger partial charge in [-0.25, -0.2) is 19.3 Å². The Hall–Kier alpha value is -3.46. The summed E-state index contributed by atoms with van der Waals surface area (Å²) in [5.74, 6) is 0.199. The lowest BCUT2D eigenvalue weighted by Crippen LogP contribution is -2.07. The molecule has 1 amide bonds. The first-order valence-corrected chi connectivity index (χ1v) is 10.4. The number of pyridine rings is 1. The van der Waals surface area contributed by atoms with Gasteiger partial charge in [0.15, 0.2) is 11.6 Å². The lowest BCUT2D eigenvalue weighted by Gasteiger charge is -2.11. The molecule has 3 N–H and O–H groups in total. The molecule has 0 aliphatic rings. The summed E-state index contributed by atoms with van der Waals surface area (Å²) in [6, 6.07) is 7.00. The molecule has 3 aromatic heterocycles. The van der Waals surface area contributed by atoms with E-state index in [0.717, 1.165) is 16.5 Å². The minimum atomic E-state index is -0.339. The SMILES string of the molecule is CSc1cccc(Nc2ncc(C)c(-c3c[nH]c4c(NC(C)=O)nccc34)n2)c1F. The Morgan fingerprint density at radius 3 is 2.83 bits per heavy atom. The molecule has 3 heterocycles. The van der Waals surface area contributed by atoms with E-state index in [0.29, 0.717) is 33.6 Å². The van der Waals surface area contributed by atoms with Gasteiger partial charge in [0, 0.05) is 41.4 Å².